The van der Waals surface area contributed by atoms with Crippen molar-refractivity contribution in [1.82, 2.24) is 9.55 Å². The maximum Gasteiger partial charge on any atom is 0.128 e. The smallest absolute Gasteiger partial charge is 0.128 e. The van der Waals surface area contributed by atoms with Gasteiger partial charge in [-0.15, -0.1) is 11.6 Å². The van der Waals surface area contributed by atoms with E-state index in [4.69, 9.17) is 11.6 Å². The molecule has 0 fully saturated rings. The molecule has 0 unspecified atom stereocenters. The lowest BCUT2D eigenvalue weighted by molar-refractivity contribution is 0.620. The van der Waals surface area contributed by atoms with Crippen LogP contribution in [0.2, 0.25) is 0 Å². The lowest BCUT2D eigenvalue weighted by Crippen LogP contribution is -2.02. The second-order valence-electron chi connectivity index (χ2n) is 4.87. The average molecular weight is 368 g/mol. The molecule has 0 atom stereocenters. The van der Waals surface area contributed by atoms with Gasteiger partial charge >= 0.3 is 0 Å². The van der Waals surface area contributed by atoms with Crippen molar-refractivity contribution in [3.8, 4) is 5.69 Å². The number of rotatable bonds is 3. The van der Waals surface area contributed by atoms with E-state index in [-0.39, 0.29) is 5.82 Å². The van der Waals surface area contributed by atoms with E-state index in [1.165, 1.54) is 6.07 Å². The van der Waals surface area contributed by atoms with Crippen molar-refractivity contribution in [3.63, 3.8) is 0 Å². The first-order valence-corrected chi connectivity index (χ1v) is 7.92. The van der Waals surface area contributed by atoms with E-state index >= 15 is 0 Å². The van der Waals surface area contributed by atoms with Gasteiger partial charge in [-0.05, 0) is 42.8 Å². The molecule has 108 valence electrons. The zero-order valence-electron chi connectivity index (χ0n) is 11.4. The third-order valence-corrected chi connectivity index (χ3v) is 4.12. The summed E-state index contributed by atoms with van der Waals surface area (Å²) in [6.45, 7) is 1.76. The number of hydrogen-bond acceptors (Lipinski definition) is 1. The van der Waals surface area contributed by atoms with Gasteiger partial charge in [0, 0.05) is 28.5 Å². The molecule has 3 rings (SSSR count). The van der Waals surface area contributed by atoms with E-state index < -0.39 is 0 Å². The van der Waals surface area contributed by atoms with Gasteiger partial charge in [-0.25, -0.2) is 9.37 Å². The Kier molecular flexibility index (Phi) is 4.00. The van der Waals surface area contributed by atoms with E-state index in [2.05, 4.69) is 20.9 Å². The number of benzene rings is 2. The van der Waals surface area contributed by atoms with Gasteiger partial charge in [-0.1, -0.05) is 15.9 Å². The van der Waals surface area contributed by atoms with Crippen molar-refractivity contribution < 1.29 is 4.39 Å². The molecule has 21 heavy (non-hydrogen) atoms. The van der Waals surface area contributed by atoms with E-state index in [1.54, 1.807) is 6.92 Å². The van der Waals surface area contributed by atoms with Gasteiger partial charge in [0.05, 0.1) is 11.0 Å². The predicted octanol–water partition coefficient (Wildman–Crippen LogP) is 5.02. The molecule has 0 saturated heterocycles. The molecule has 1 aromatic heterocycles. The van der Waals surface area contributed by atoms with Crippen LogP contribution >= 0.6 is 27.5 Å². The number of aryl methyl sites for hydroxylation is 2. The van der Waals surface area contributed by atoms with Crippen LogP contribution in [-0.2, 0) is 6.42 Å². The Morgan fingerprint density at radius 3 is 2.62 bits per heavy atom. The Balaban J connectivity index is 2.29. The highest BCUT2D eigenvalue weighted by atomic mass is 79.9. The molecule has 0 aliphatic rings. The molecule has 0 N–H and O–H groups in total. The molecule has 2 aromatic carbocycles. The van der Waals surface area contributed by atoms with Crippen molar-refractivity contribution in [2.75, 3.05) is 5.88 Å². The summed E-state index contributed by atoms with van der Waals surface area (Å²) in [4.78, 5) is 4.53. The minimum absolute atomic E-state index is 0.236. The zero-order chi connectivity index (χ0) is 15.0. The first-order chi connectivity index (χ1) is 10.1. The molecule has 5 heteroatoms. The SMILES string of the molecule is Cc1cc2c(cc1F)nc(CCCl)n2-c1ccc(Br)cc1. The Bertz CT molecular complexity index is 796. The monoisotopic (exact) mass is 366 g/mol. The molecule has 0 amide bonds. The number of nitrogens with zero attached hydrogens (tertiary/aromatic N) is 2. The number of halogens is 3. The minimum atomic E-state index is -0.236. The van der Waals surface area contributed by atoms with Crippen LogP contribution in [0.3, 0.4) is 0 Å². The van der Waals surface area contributed by atoms with Crippen molar-refractivity contribution in [2.24, 2.45) is 0 Å². The molecule has 0 bridgehead atoms. The third-order valence-electron chi connectivity index (χ3n) is 3.41. The normalized spacial score (nSPS) is 11.2. The van der Waals surface area contributed by atoms with Crippen LogP contribution < -0.4 is 0 Å². The number of hydrogen-bond donors (Lipinski definition) is 0. The third kappa shape index (κ3) is 2.70. The first-order valence-electron chi connectivity index (χ1n) is 6.59. The zero-order valence-corrected chi connectivity index (χ0v) is 13.7. The van der Waals surface area contributed by atoms with Crippen LogP contribution in [0.15, 0.2) is 40.9 Å². The average Bonchev–Trinajstić information content (AvgIpc) is 2.78. The van der Waals surface area contributed by atoms with E-state index in [9.17, 15) is 4.39 Å². The van der Waals surface area contributed by atoms with Gasteiger partial charge in [0.15, 0.2) is 0 Å². The van der Waals surface area contributed by atoms with Crippen LogP contribution in [0, 0.1) is 12.7 Å². The fourth-order valence-electron chi connectivity index (χ4n) is 2.38. The van der Waals surface area contributed by atoms with Crippen LogP contribution in [-0.4, -0.2) is 15.4 Å². The molecule has 0 aliphatic heterocycles. The van der Waals surface area contributed by atoms with Crippen LogP contribution in [0.1, 0.15) is 11.4 Å². The molecular weight excluding hydrogens is 355 g/mol. The Morgan fingerprint density at radius 1 is 1.24 bits per heavy atom. The summed E-state index contributed by atoms with van der Waals surface area (Å²) in [5, 5.41) is 0. The Morgan fingerprint density at radius 2 is 1.95 bits per heavy atom. The van der Waals surface area contributed by atoms with Gasteiger partial charge in [-0.2, -0.15) is 0 Å². The molecule has 0 spiro atoms. The molecule has 2 nitrogen and oxygen atoms in total. The topological polar surface area (TPSA) is 17.8 Å². The van der Waals surface area contributed by atoms with Crippen LogP contribution in [0.5, 0.6) is 0 Å². The molecule has 1 heterocycles. The van der Waals surface area contributed by atoms with E-state index in [0.29, 0.717) is 23.4 Å². The van der Waals surface area contributed by atoms with Gasteiger partial charge in [-0.3, -0.25) is 4.57 Å². The van der Waals surface area contributed by atoms with Crippen LogP contribution in [0.25, 0.3) is 16.7 Å². The highest BCUT2D eigenvalue weighted by molar-refractivity contribution is 9.10. The van der Waals surface area contributed by atoms with Crippen molar-refractivity contribution in [3.05, 3.63) is 58.1 Å². The maximum absolute atomic E-state index is 13.7. The minimum Gasteiger partial charge on any atom is -0.296 e. The van der Waals surface area contributed by atoms with E-state index in [0.717, 1.165) is 21.5 Å². The standard InChI is InChI=1S/C16H13BrClFN2/c1-10-8-15-14(9-13(10)19)20-16(6-7-18)21(15)12-4-2-11(17)3-5-12/h2-5,8-9H,6-7H2,1H3. The fraction of sp³-hybridized carbons (Fsp3) is 0.188. The predicted molar refractivity (Wildman–Crippen MR) is 87.9 cm³/mol. The molecule has 0 aliphatic carbocycles. The van der Waals surface area contributed by atoms with Gasteiger partial charge < -0.3 is 0 Å². The summed E-state index contributed by atoms with van der Waals surface area (Å²) < 4.78 is 16.8. The second-order valence-corrected chi connectivity index (χ2v) is 6.16. The number of fused-ring (bicyclic) bond motifs is 1. The fourth-order valence-corrected chi connectivity index (χ4v) is 2.82. The number of alkyl halides is 1. The Labute approximate surface area is 135 Å². The molecular formula is C16H13BrClFN2. The second kappa shape index (κ2) is 5.78. The van der Waals surface area contributed by atoms with Gasteiger partial charge in [0.25, 0.3) is 0 Å². The molecule has 0 saturated carbocycles. The first kappa shape index (κ1) is 14.5. The highest BCUT2D eigenvalue weighted by Gasteiger charge is 2.14. The van der Waals surface area contributed by atoms with Crippen molar-refractivity contribution in [2.45, 2.75) is 13.3 Å². The quantitative estimate of drug-likeness (QED) is 0.595. The summed E-state index contributed by atoms with van der Waals surface area (Å²) in [6.07, 6.45) is 0.632. The summed E-state index contributed by atoms with van der Waals surface area (Å²) in [6, 6.07) is 11.3. The molecule has 0 radical (unpaired) electrons. The van der Waals surface area contributed by atoms with E-state index in [1.807, 2.05) is 34.9 Å². The summed E-state index contributed by atoms with van der Waals surface area (Å²) >= 11 is 9.31. The van der Waals surface area contributed by atoms with Crippen molar-refractivity contribution in [1.29, 1.82) is 0 Å². The lowest BCUT2D eigenvalue weighted by atomic mass is 10.2. The maximum atomic E-state index is 13.7. The number of aromatic nitrogens is 2. The summed E-state index contributed by atoms with van der Waals surface area (Å²) in [5.74, 6) is 1.08. The Hall–Kier alpha value is -1.39. The molecule has 3 aromatic rings. The van der Waals surface area contributed by atoms with Crippen molar-refractivity contribution >= 4 is 38.6 Å². The summed E-state index contributed by atoms with van der Waals surface area (Å²) in [7, 11) is 0. The van der Waals surface area contributed by atoms with Gasteiger partial charge in [0.1, 0.15) is 11.6 Å². The summed E-state index contributed by atoms with van der Waals surface area (Å²) in [5.41, 5.74) is 3.16. The highest BCUT2D eigenvalue weighted by Crippen LogP contribution is 2.25. The van der Waals surface area contributed by atoms with Gasteiger partial charge in [0.2, 0.25) is 0 Å². The van der Waals surface area contributed by atoms with Crippen LogP contribution in [0.4, 0.5) is 4.39 Å². The number of imidazole rings is 1. The lowest BCUT2D eigenvalue weighted by Gasteiger charge is -2.09. The largest absolute Gasteiger partial charge is 0.296 e.